The van der Waals surface area contributed by atoms with Gasteiger partial charge in [-0.1, -0.05) is 51.4 Å². The van der Waals surface area contributed by atoms with Crippen molar-refractivity contribution < 1.29 is 9.34 Å². The third-order valence-corrected chi connectivity index (χ3v) is 7.07. The molecule has 0 saturated heterocycles. The van der Waals surface area contributed by atoms with E-state index in [0.717, 1.165) is 55.3 Å². The van der Waals surface area contributed by atoms with Gasteiger partial charge in [-0.25, -0.2) is 0 Å². The number of hydrogen-bond acceptors (Lipinski definition) is 6. The van der Waals surface area contributed by atoms with Crippen molar-refractivity contribution in [3.8, 4) is 0 Å². The summed E-state index contributed by atoms with van der Waals surface area (Å²) in [6, 6.07) is 4.24. The van der Waals surface area contributed by atoms with Crippen molar-refractivity contribution in [3.05, 3.63) is 33.8 Å². The Kier molecular flexibility index (Phi) is 12.8. The molecule has 2 rings (SSSR count). The van der Waals surface area contributed by atoms with E-state index < -0.39 is 0 Å². The van der Waals surface area contributed by atoms with Crippen LogP contribution in [0.5, 0.6) is 0 Å². The largest absolute Gasteiger partial charge is 0.464 e. The predicted octanol–water partition coefficient (Wildman–Crippen LogP) is 5.50. The molecule has 1 heterocycles. The van der Waals surface area contributed by atoms with E-state index >= 15 is 0 Å². The summed E-state index contributed by atoms with van der Waals surface area (Å²) in [6.45, 7) is 0.462. The first-order valence-electron chi connectivity index (χ1n) is 12.2. The van der Waals surface area contributed by atoms with Crippen LogP contribution in [0.15, 0.2) is 21.5 Å². The highest BCUT2D eigenvalue weighted by molar-refractivity contribution is 7.98. The number of nitro groups is 1. The summed E-state index contributed by atoms with van der Waals surface area (Å²) in [4.78, 5) is 17.3. The fourth-order valence-electron chi connectivity index (χ4n) is 4.45. The molecule has 1 saturated carbocycles. The van der Waals surface area contributed by atoms with Crippen molar-refractivity contribution in [1.29, 1.82) is 0 Å². The van der Waals surface area contributed by atoms with Gasteiger partial charge in [0.1, 0.15) is 11.5 Å². The number of rotatable bonds is 10. The zero-order valence-corrected chi connectivity index (χ0v) is 20.8. The van der Waals surface area contributed by atoms with Crippen molar-refractivity contribution in [2.75, 3.05) is 26.4 Å². The molecule has 1 aliphatic carbocycles. The second-order valence-corrected chi connectivity index (χ2v) is 10.4. The van der Waals surface area contributed by atoms with E-state index in [1.165, 1.54) is 44.9 Å². The smallest absolute Gasteiger partial charge is 0.259 e. The van der Waals surface area contributed by atoms with E-state index in [4.69, 9.17) is 10.2 Å². The normalized spacial score (nSPS) is 21.8. The standard InChI is InChI=1S/C24H42N4O3S/c1-27(2)17-21-13-14-22(31-21)19-32-16-15-20-11-9-7-5-3-4-6-8-10-12-23(20)26-24(25)18-28(29)30/h13-14,20,23H,3-12,15-19H2,1-2H3,(H2,25,26). The summed E-state index contributed by atoms with van der Waals surface area (Å²) >= 11 is 1.90. The van der Waals surface area contributed by atoms with Gasteiger partial charge in [0.25, 0.3) is 6.54 Å². The van der Waals surface area contributed by atoms with E-state index in [1.807, 2.05) is 25.9 Å². The van der Waals surface area contributed by atoms with Crippen LogP contribution in [0, 0.1) is 16.0 Å². The van der Waals surface area contributed by atoms with Crippen LogP contribution >= 0.6 is 11.8 Å². The number of hydrogen-bond donors (Lipinski definition) is 1. The van der Waals surface area contributed by atoms with E-state index in [-0.39, 0.29) is 23.3 Å². The molecule has 0 bridgehead atoms. The minimum atomic E-state index is -0.382. The lowest BCUT2D eigenvalue weighted by Gasteiger charge is -2.25. The van der Waals surface area contributed by atoms with E-state index in [2.05, 4.69) is 22.0 Å². The van der Waals surface area contributed by atoms with Crippen LogP contribution in [-0.2, 0) is 12.3 Å². The molecule has 1 aromatic rings. The quantitative estimate of drug-likeness (QED) is 0.161. The van der Waals surface area contributed by atoms with Gasteiger partial charge in [0.2, 0.25) is 0 Å². The second-order valence-electron chi connectivity index (χ2n) is 9.29. The Labute approximate surface area is 197 Å². The van der Waals surface area contributed by atoms with Gasteiger partial charge in [-0.3, -0.25) is 15.1 Å². The number of amidine groups is 1. The van der Waals surface area contributed by atoms with Crippen LogP contribution in [0.1, 0.15) is 82.1 Å². The molecule has 1 aromatic heterocycles. The molecule has 1 fully saturated rings. The van der Waals surface area contributed by atoms with Crippen LogP contribution in [0.25, 0.3) is 0 Å². The monoisotopic (exact) mass is 466 g/mol. The Morgan fingerprint density at radius 2 is 1.75 bits per heavy atom. The third-order valence-electron chi connectivity index (χ3n) is 6.06. The summed E-state index contributed by atoms with van der Waals surface area (Å²) in [7, 11) is 4.08. The molecule has 0 aromatic carbocycles. The van der Waals surface area contributed by atoms with Crippen molar-refractivity contribution in [3.63, 3.8) is 0 Å². The first kappa shape index (κ1) is 26.7. The van der Waals surface area contributed by atoms with Gasteiger partial charge in [0.15, 0.2) is 5.84 Å². The van der Waals surface area contributed by atoms with Crippen LogP contribution in [0.2, 0.25) is 0 Å². The zero-order valence-electron chi connectivity index (χ0n) is 20.0. The van der Waals surface area contributed by atoms with Crippen molar-refractivity contribution in [1.82, 2.24) is 4.90 Å². The molecular weight excluding hydrogens is 424 g/mol. The molecule has 0 aliphatic heterocycles. The highest BCUT2D eigenvalue weighted by Gasteiger charge is 2.22. The van der Waals surface area contributed by atoms with Gasteiger partial charge < -0.3 is 15.1 Å². The molecule has 1 aliphatic rings. The van der Waals surface area contributed by atoms with Gasteiger partial charge >= 0.3 is 0 Å². The highest BCUT2D eigenvalue weighted by Crippen LogP contribution is 2.28. The lowest BCUT2D eigenvalue weighted by molar-refractivity contribution is -0.463. The van der Waals surface area contributed by atoms with Crippen LogP contribution < -0.4 is 5.73 Å². The second kappa shape index (κ2) is 15.3. The number of aliphatic imine (C=N–C) groups is 1. The lowest BCUT2D eigenvalue weighted by Crippen LogP contribution is -2.28. The maximum absolute atomic E-state index is 10.9. The SMILES string of the molecule is CN(C)Cc1ccc(CSCCC2CCCCCCCCCCC2N=C(N)C[N+](=O)[O-])o1. The summed E-state index contributed by atoms with van der Waals surface area (Å²) < 4.78 is 5.93. The van der Waals surface area contributed by atoms with Crippen LogP contribution in [0.3, 0.4) is 0 Å². The molecule has 182 valence electrons. The van der Waals surface area contributed by atoms with Crippen LogP contribution in [0.4, 0.5) is 0 Å². The first-order valence-corrected chi connectivity index (χ1v) is 13.3. The fraction of sp³-hybridized carbons (Fsp3) is 0.792. The third kappa shape index (κ3) is 11.4. The molecule has 32 heavy (non-hydrogen) atoms. The number of nitrogens with two attached hydrogens (primary N) is 1. The van der Waals surface area contributed by atoms with Gasteiger partial charge in [0.05, 0.1) is 18.3 Å². The Balaban J connectivity index is 1.93. The van der Waals surface area contributed by atoms with Crippen molar-refractivity contribution >= 4 is 17.6 Å². The molecular formula is C24H42N4O3S. The Hall–Kier alpha value is -1.54. The van der Waals surface area contributed by atoms with E-state index in [1.54, 1.807) is 0 Å². The summed E-state index contributed by atoms with van der Waals surface area (Å²) in [5.74, 6) is 4.55. The molecule has 7 nitrogen and oxygen atoms in total. The zero-order chi connectivity index (χ0) is 23.2. The number of furan rings is 1. The average molecular weight is 467 g/mol. The van der Waals surface area contributed by atoms with Crippen LogP contribution in [-0.4, -0.2) is 48.1 Å². The average Bonchev–Trinajstić information content (AvgIpc) is 3.14. The first-order chi connectivity index (χ1) is 15.4. The summed E-state index contributed by atoms with van der Waals surface area (Å²) in [6.07, 6.45) is 13.3. The topological polar surface area (TPSA) is 97.9 Å². The maximum atomic E-state index is 10.9. The fourth-order valence-corrected chi connectivity index (χ4v) is 5.42. The van der Waals surface area contributed by atoms with E-state index in [0.29, 0.717) is 5.92 Å². The van der Waals surface area contributed by atoms with Gasteiger partial charge in [-0.05, 0) is 57.2 Å². The maximum Gasteiger partial charge on any atom is 0.259 e. The van der Waals surface area contributed by atoms with E-state index in [9.17, 15) is 10.1 Å². The Morgan fingerprint density at radius 3 is 2.41 bits per heavy atom. The highest BCUT2D eigenvalue weighted by atomic mass is 32.2. The minimum absolute atomic E-state index is 0.102. The Bertz CT molecular complexity index is 693. The predicted molar refractivity (Wildman–Crippen MR) is 134 cm³/mol. The Morgan fingerprint density at radius 1 is 1.12 bits per heavy atom. The summed E-state index contributed by atoms with van der Waals surface area (Å²) in [5.41, 5.74) is 5.94. The van der Waals surface area contributed by atoms with Crippen molar-refractivity contribution in [2.24, 2.45) is 16.6 Å². The molecule has 8 heteroatoms. The molecule has 0 radical (unpaired) electrons. The van der Waals surface area contributed by atoms with Gasteiger partial charge in [-0.2, -0.15) is 11.8 Å². The van der Waals surface area contributed by atoms with Crippen molar-refractivity contribution in [2.45, 2.75) is 89.0 Å². The molecule has 0 amide bonds. The molecule has 2 unspecified atom stereocenters. The number of thioether (sulfide) groups is 1. The summed E-state index contributed by atoms with van der Waals surface area (Å²) in [5, 5.41) is 10.9. The molecule has 0 spiro atoms. The molecule has 2 atom stereocenters. The number of nitrogens with zero attached hydrogens (tertiary/aromatic N) is 3. The van der Waals surface area contributed by atoms with Gasteiger partial charge in [0, 0.05) is 4.92 Å². The molecule has 2 N–H and O–H groups in total. The lowest BCUT2D eigenvalue weighted by atomic mass is 9.87. The van der Waals surface area contributed by atoms with Gasteiger partial charge in [-0.15, -0.1) is 0 Å². The minimum Gasteiger partial charge on any atom is -0.464 e.